The molecule has 15 heteroatoms. The zero-order chi connectivity index (χ0) is 40.7. The molecule has 8 heterocycles. The Hall–Kier alpha value is -7.52. The van der Waals surface area contributed by atoms with Gasteiger partial charge in [-0.05, 0) is 53.0 Å². The number of anilines is 2. The normalized spacial score (nSPS) is 10.9. The lowest BCUT2D eigenvalue weighted by molar-refractivity contribution is 0.572. The highest BCUT2D eigenvalue weighted by atomic mass is 79.9. The van der Waals surface area contributed by atoms with Gasteiger partial charge in [-0.2, -0.15) is 0 Å². The standard InChI is InChI=1S/C22H18N6O.C13H12BrN5.C9H7NO/c1-2-15-9-18(28-22(23)27-15)17-11-25-20-16(17)8-14(10-24-20)21-26-12-19(29-21)13-6-4-3-5-7-13;1-2-8-4-11(19-13(15)18-8)10-6-17-12-9(10)3-7(14)5-16-12;1-2-4-8(5-3-1)9-6-10-7-11-9/h3-12H,2H2,1H3,(H,24,25)(H2,23,27,28);3-6H,2H2,1H3,(H,16,17)(H2,15,18,19);1-7H. The van der Waals surface area contributed by atoms with Gasteiger partial charge in [-0.3, -0.25) is 0 Å². The number of fused-ring (bicyclic) bond motifs is 2. The van der Waals surface area contributed by atoms with E-state index in [-0.39, 0.29) is 5.95 Å². The molecule has 0 saturated heterocycles. The topological polar surface area (TPSA) is 213 Å². The number of nitrogens with zero attached hydrogens (tertiary/aromatic N) is 8. The molecule has 8 aromatic heterocycles. The molecule has 2 aromatic carbocycles. The Balaban J connectivity index is 0.000000137. The minimum atomic E-state index is 0.262. The maximum atomic E-state index is 5.98. The fraction of sp³-hybridized carbons (Fsp3) is 0.0909. The Kier molecular flexibility index (Phi) is 11.3. The Morgan fingerprint density at radius 3 is 1.71 bits per heavy atom. The van der Waals surface area contributed by atoms with Crippen LogP contribution >= 0.6 is 15.9 Å². The van der Waals surface area contributed by atoms with Gasteiger partial charge in [-0.25, -0.2) is 39.9 Å². The van der Waals surface area contributed by atoms with Crippen LogP contribution in [0.4, 0.5) is 11.9 Å². The molecule has 0 aliphatic heterocycles. The number of hydrogen-bond donors (Lipinski definition) is 4. The lowest BCUT2D eigenvalue weighted by Gasteiger charge is -2.04. The van der Waals surface area contributed by atoms with Gasteiger partial charge in [0.05, 0.1) is 29.3 Å². The molecule has 0 aliphatic carbocycles. The summed E-state index contributed by atoms with van der Waals surface area (Å²) >= 11 is 3.43. The van der Waals surface area contributed by atoms with Gasteiger partial charge in [0.25, 0.3) is 0 Å². The van der Waals surface area contributed by atoms with Gasteiger partial charge in [0.1, 0.15) is 11.3 Å². The molecule has 0 aliphatic rings. The van der Waals surface area contributed by atoms with Crippen LogP contribution in [-0.2, 0) is 12.8 Å². The molecule has 0 bridgehead atoms. The van der Waals surface area contributed by atoms with E-state index in [2.05, 4.69) is 65.8 Å². The third kappa shape index (κ3) is 8.74. The molecule has 0 fully saturated rings. The fourth-order valence-corrected chi connectivity index (χ4v) is 6.63. The predicted molar refractivity (Wildman–Crippen MR) is 232 cm³/mol. The molecule has 14 nitrogen and oxygen atoms in total. The van der Waals surface area contributed by atoms with Gasteiger partial charge in [0, 0.05) is 73.7 Å². The second-order valence-corrected chi connectivity index (χ2v) is 14.0. The first-order valence-corrected chi connectivity index (χ1v) is 19.5. The third-order valence-electron chi connectivity index (χ3n) is 9.20. The Morgan fingerprint density at radius 1 is 0.593 bits per heavy atom. The molecule has 0 saturated carbocycles. The number of H-pyrrole nitrogens is 2. The number of nitrogens with one attached hydrogen (secondary N) is 2. The first kappa shape index (κ1) is 38.4. The SMILES string of the molecule is CCc1cc(-c2c[nH]c3ncc(-c4ncc(-c5ccccc5)o4)cc23)nc(N)n1.CCc1cc(-c2c[nH]c3ncc(Br)cc23)nc(N)n1.c1ccc(-c2cnco2)cc1. The summed E-state index contributed by atoms with van der Waals surface area (Å²) in [5.41, 5.74) is 21.4. The number of nitrogen functional groups attached to an aromatic ring is 2. The monoisotopic (exact) mass is 844 g/mol. The van der Waals surface area contributed by atoms with Gasteiger partial charge in [-0.15, -0.1) is 0 Å². The van der Waals surface area contributed by atoms with E-state index in [0.717, 1.165) is 95.7 Å². The quantitative estimate of drug-likeness (QED) is 0.118. The van der Waals surface area contributed by atoms with Crippen LogP contribution in [0.2, 0.25) is 0 Å². The molecule has 6 N–H and O–H groups in total. The van der Waals surface area contributed by atoms with E-state index >= 15 is 0 Å². The van der Waals surface area contributed by atoms with Crippen LogP contribution in [0.3, 0.4) is 0 Å². The highest BCUT2D eigenvalue weighted by Gasteiger charge is 2.15. The molecule has 0 spiro atoms. The minimum Gasteiger partial charge on any atom is -0.444 e. The summed E-state index contributed by atoms with van der Waals surface area (Å²) in [5.74, 6) is 2.60. The number of hydrogen-bond acceptors (Lipinski definition) is 12. The van der Waals surface area contributed by atoms with Gasteiger partial charge >= 0.3 is 0 Å². The van der Waals surface area contributed by atoms with E-state index in [9.17, 15) is 0 Å². The molecule has 292 valence electrons. The number of halogens is 1. The zero-order valence-corrected chi connectivity index (χ0v) is 33.6. The first-order valence-electron chi connectivity index (χ1n) is 18.7. The number of aromatic amines is 2. The molecule has 0 radical (unpaired) electrons. The van der Waals surface area contributed by atoms with Crippen molar-refractivity contribution in [2.45, 2.75) is 26.7 Å². The number of aromatic nitrogens is 10. The van der Waals surface area contributed by atoms with E-state index in [1.165, 1.54) is 6.39 Å². The average molecular weight is 846 g/mol. The van der Waals surface area contributed by atoms with Crippen molar-refractivity contribution in [3.63, 3.8) is 0 Å². The van der Waals surface area contributed by atoms with E-state index in [0.29, 0.717) is 17.6 Å². The maximum absolute atomic E-state index is 5.98. The van der Waals surface area contributed by atoms with Crippen molar-refractivity contribution < 1.29 is 8.83 Å². The summed E-state index contributed by atoms with van der Waals surface area (Å²) < 4.78 is 12.0. The van der Waals surface area contributed by atoms with Crippen molar-refractivity contribution in [2.75, 3.05) is 11.5 Å². The van der Waals surface area contributed by atoms with Crippen molar-refractivity contribution in [1.82, 2.24) is 49.8 Å². The van der Waals surface area contributed by atoms with Crippen molar-refractivity contribution >= 4 is 49.9 Å². The lowest BCUT2D eigenvalue weighted by Crippen LogP contribution is -2.00. The van der Waals surface area contributed by atoms with Crippen molar-refractivity contribution in [3.8, 4) is 56.6 Å². The second kappa shape index (κ2) is 17.3. The Bertz CT molecular complexity index is 2960. The number of aryl methyl sites for hydroxylation is 2. The summed E-state index contributed by atoms with van der Waals surface area (Å²) in [6.07, 6.45) is 13.7. The molecule has 0 atom stereocenters. The van der Waals surface area contributed by atoms with E-state index < -0.39 is 0 Å². The number of pyridine rings is 2. The molecule has 0 unspecified atom stereocenters. The van der Waals surface area contributed by atoms with E-state index in [1.807, 2.05) is 111 Å². The van der Waals surface area contributed by atoms with Crippen LogP contribution in [-0.4, -0.2) is 49.8 Å². The van der Waals surface area contributed by atoms with E-state index in [4.69, 9.17) is 20.3 Å². The summed E-state index contributed by atoms with van der Waals surface area (Å²) in [7, 11) is 0. The van der Waals surface area contributed by atoms with Crippen molar-refractivity contribution in [1.29, 1.82) is 0 Å². The number of rotatable bonds is 7. The molecule has 10 aromatic rings. The highest BCUT2D eigenvalue weighted by molar-refractivity contribution is 9.10. The van der Waals surface area contributed by atoms with Crippen LogP contribution in [0.15, 0.2) is 142 Å². The molecular weight excluding hydrogens is 808 g/mol. The van der Waals surface area contributed by atoms with Crippen LogP contribution in [0.1, 0.15) is 25.2 Å². The van der Waals surface area contributed by atoms with E-state index in [1.54, 1.807) is 24.8 Å². The van der Waals surface area contributed by atoms with Crippen LogP contribution in [0, 0.1) is 0 Å². The number of nitrogens with two attached hydrogens (primary N) is 2. The van der Waals surface area contributed by atoms with Gasteiger partial charge in [0.15, 0.2) is 17.9 Å². The first-order chi connectivity index (χ1) is 28.8. The second-order valence-electron chi connectivity index (χ2n) is 13.1. The zero-order valence-electron chi connectivity index (χ0n) is 32.0. The molecular formula is C44H37BrN12O2. The van der Waals surface area contributed by atoms with Gasteiger partial charge in [-0.1, -0.05) is 74.5 Å². The highest BCUT2D eigenvalue weighted by Crippen LogP contribution is 2.32. The van der Waals surface area contributed by atoms with Crippen LogP contribution in [0.25, 0.3) is 78.7 Å². The van der Waals surface area contributed by atoms with Crippen LogP contribution < -0.4 is 11.5 Å². The summed E-state index contributed by atoms with van der Waals surface area (Å²) in [5, 5.41) is 1.93. The minimum absolute atomic E-state index is 0.262. The van der Waals surface area contributed by atoms with Gasteiger partial charge in [0.2, 0.25) is 17.8 Å². The predicted octanol–water partition coefficient (Wildman–Crippen LogP) is 9.76. The summed E-state index contributed by atoms with van der Waals surface area (Å²) in [6, 6.07) is 27.7. The largest absolute Gasteiger partial charge is 0.444 e. The summed E-state index contributed by atoms with van der Waals surface area (Å²) in [6.45, 7) is 4.08. The molecule has 59 heavy (non-hydrogen) atoms. The number of benzene rings is 2. The third-order valence-corrected chi connectivity index (χ3v) is 9.63. The van der Waals surface area contributed by atoms with Crippen molar-refractivity contribution in [2.24, 2.45) is 0 Å². The molecule has 0 amide bonds. The van der Waals surface area contributed by atoms with Crippen LogP contribution in [0.5, 0.6) is 0 Å². The fourth-order valence-electron chi connectivity index (χ4n) is 6.30. The number of oxazole rings is 2. The maximum Gasteiger partial charge on any atom is 0.228 e. The van der Waals surface area contributed by atoms with Crippen molar-refractivity contribution in [3.05, 3.63) is 144 Å². The summed E-state index contributed by atoms with van der Waals surface area (Å²) in [4.78, 5) is 40.6. The molecule has 10 rings (SSSR count). The Labute approximate surface area is 346 Å². The lowest BCUT2D eigenvalue weighted by atomic mass is 10.1. The average Bonchev–Trinajstić information content (AvgIpc) is 4.11. The van der Waals surface area contributed by atoms with Gasteiger partial charge < -0.3 is 30.3 Å². The smallest absolute Gasteiger partial charge is 0.228 e. The Morgan fingerprint density at radius 2 is 1.15 bits per heavy atom.